The lowest BCUT2D eigenvalue weighted by atomic mass is 10.0. The number of fused-ring (bicyclic) bond motifs is 2. The van der Waals surface area contributed by atoms with Gasteiger partial charge in [-0.25, -0.2) is 12.8 Å². The third kappa shape index (κ3) is 4.54. The third-order valence-electron chi connectivity index (χ3n) is 6.56. The van der Waals surface area contributed by atoms with Crippen molar-refractivity contribution in [3.63, 3.8) is 0 Å². The molecule has 0 fully saturated rings. The average Bonchev–Trinajstić information content (AvgIpc) is 3.50. The van der Waals surface area contributed by atoms with Crippen LogP contribution in [0, 0.1) is 12.7 Å². The molecule has 0 radical (unpaired) electrons. The van der Waals surface area contributed by atoms with Gasteiger partial charge in [0, 0.05) is 52.3 Å². The van der Waals surface area contributed by atoms with E-state index >= 15 is 0 Å². The van der Waals surface area contributed by atoms with E-state index < -0.39 is 15.7 Å². The Morgan fingerprint density at radius 2 is 1.76 bits per heavy atom. The number of rotatable bonds is 6. The van der Waals surface area contributed by atoms with Gasteiger partial charge in [0.05, 0.1) is 34.5 Å². The summed E-state index contributed by atoms with van der Waals surface area (Å²) in [5.41, 5.74) is 7.70. The van der Waals surface area contributed by atoms with Crippen LogP contribution in [0.3, 0.4) is 0 Å². The summed E-state index contributed by atoms with van der Waals surface area (Å²) in [5, 5.41) is 9.29. The molecular formula is C28H23FN6O2S. The van der Waals surface area contributed by atoms with Crippen LogP contribution in [-0.2, 0) is 16.3 Å². The van der Waals surface area contributed by atoms with Gasteiger partial charge in [-0.3, -0.25) is 20.1 Å². The minimum Gasteiger partial charge on any atom is -0.353 e. The highest BCUT2D eigenvalue weighted by Gasteiger charge is 2.17. The van der Waals surface area contributed by atoms with Crippen LogP contribution in [0.5, 0.6) is 0 Å². The topological polar surface area (TPSA) is 117 Å². The first kappa shape index (κ1) is 23.9. The zero-order valence-electron chi connectivity index (χ0n) is 20.7. The maximum absolute atomic E-state index is 14.5. The largest absolute Gasteiger partial charge is 0.353 e. The molecule has 2 N–H and O–H groups in total. The number of aromatic amines is 2. The minimum absolute atomic E-state index is 0.0521. The quantitative estimate of drug-likeness (QED) is 0.306. The van der Waals surface area contributed by atoms with E-state index in [0.29, 0.717) is 16.8 Å². The number of aryl methyl sites for hydroxylation is 2. The number of hydrogen-bond donors (Lipinski definition) is 2. The summed E-state index contributed by atoms with van der Waals surface area (Å²) in [6, 6.07) is 12.3. The average molecular weight is 527 g/mol. The molecule has 6 aromatic rings. The Labute approximate surface area is 217 Å². The molecule has 0 unspecified atom stereocenters. The van der Waals surface area contributed by atoms with Crippen molar-refractivity contribution < 1.29 is 12.8 Å². The molecule has 0 aliphatic carbocycles. The van der Waals surface area contributed by atoms with Crippen LogP contribution in [0.15, 0.2) is 67.3 Å². The van der Waals surface area contributed by atoms with Crippen molar-refractivity contribution in [3.8, 4) is 33.9 Å². The standard InChI is InChI=1S/C28H23FN6O2S/c1-16-3-6-30-14-22(16)24-12-21-26(15-32-24)34-35-28(21)25-13-20-23(33-25)4-7-31-27(20)18-9-17(10-19(29)11-18)5-8-38(2,36)37/h3-4,6-7,9-15,33H,5,8H2,1-2H3,(H,34,35). The van der Waals surface area contributed by atoms with Crippen molar-refractivity contribution in [2.45, 2.75) is 13.3 Å². The fourth-order valence-electron chi connectivity index (χ4n) is 4.65. The van der Waals surface area contributed by atoms with Gasteiger partial charge in [0.15, 0.2) is 0 Å². The number of hydrogen-bond acceptors (Lipinski definition) is 6. The van der Waals surface area contributed by atoms with Gasteiger partial charge >= 0.3 is 0 Å². The molecule has 0 saturated carbocycles. The first-order valence-electron chi connectivity index (χ1n) is 12.0. The Hall–Kier alpha value is -4.44. The zero-order valence-corrected chi connectivity index (χ0v) is 21.5. The van der Waals surface area contributed by atoms with E-state index in [-0.39, 0.29) is 12.2 Å². The molecule has 0 spiro atoms. The predicted molar refractivity (Wildman–Crippen MR) is 146 cm³/mol. The maximum atomic E-state index is 14.5. The van der Waals surface area contributed by atoms with Gasteiger partial charge in [0.25, 0.3) is 0 Å². The van der Waals surface area contributed by atoms with E-state index in [9.17, 15) is 12.8 Å². The van der Waals surface area contributed by atoms with Crippen LogP contribution in [0.4, 0.5) is 4.39 Å². The van der Waals surface area contributed by atoms with Crippen molar-refractivity contribution in [2.24, 2.45) is 0 Å². The molecule has 0 saturated heterocycles. The van der Waals surface area contributed by atoms with E-state index in [0.717, 1.165) is 50.0 Å². The first-order chi connectivity index (χ1) is 18.2. The summed E-state index contributed by atoms with van der Waals surface area (Å²) in [7, 11) is -3.17. The lowest BCUT2D eigenvalue weighted by Crippen LogP contribution is -2.06. The minimum atomic E-state index is -3.17. The van der Waals surface area contributed by atoms with Crippen molar-refractivity contribution in [1.82, 2.24) is 30.1 Å². The zero-order chi connectivity index (χ0) is 26.4. The number of halogens is 1. The van der Waals surface area contributed by atoms with Gasteiger partial charge in [0.2, 0.25) is 0 Å². The summed E-state index contributed by atoms with van der Waals surface area (Å²) >= 11 is 0. The van der Waals surface area contributed by atoms with E-state index in [1.807, 2.05) is 31.2 Å². The second kappa shape index (κ2) is 9.14. The van der Waals surface area contributed by atoms with Crippen LogP contribution in [-0.4, -0.2) is 50.6 Å². The summed E-state index contributed by atoms with van der Waals surface area (Å²) in [4.78, 5) is 16.8. The van der Waals surface area contributed by atoms with Gasteiger partial charge < -0.3 is 4.98 Å². The van der Waals surface area contributed by atoms with Crippen molar-refractivity contribution in [2.75, 3.05) is 12.0 Å². The van der Waals surface area contributed by atoms with Gasteiger partial charge in [-0.1, -0.05) is 0 Å². The molecule has 0 aliphatic heterocycles. The molecule has 5 aromatic heterocycles. The molecular weight excluding hydrogens is 503 g/mol. The number of H-pyrrole nitrogens is 2. The molecule has 6 rings (SSSR count). The van der Waals surface area contributed by atoms with E-state index in [1.165, 1.54) is 18.4 Å². The summed E-state index contributed by atoms with van der Waals surface area (Å²) in [6.07, 6.45) is 8.37. The van der Waals surface area contributed by atoms with E-state index in [2.05, 4.69) is 30.1 Å². The lowest BCUT2D eigenvalue weighted by Gasteiger charge is -2.07. The molecule has 0 atom stereocenters. The number of sulfone groups is 1. The van der Waals surface area contributed by atoms with Crippen LogP contribution in [0.1, 0.15) is 11.1 Å². The molecule has 1 aromatic carbocycles. The monoisotopic (exact) mass is 526 g/mol. The SMILES string of the molecule is Cc1ccncc1-c1cc2c(-c3cc4c(-c5cc(F)cc(CCS(C)(=O)=O)c5)nccc4[nH]3)n[nH]c2cn1. The summed E-state index contributed by atoms with van der Waals surface area (Å²) in [6.45, 7) is 2.02. The molecule has 0 bridgehead atoms. The van der Waals surface area contributed by atoms with Gasteiger partial charge in [0.1, 0.15) is 21.3 Å². The maximum Gasteiger partial charge on any atom is 0.147 e. The van der Waals surface area contributed by atoms with Gasteiger partial charge in [-0.2, -0.15) is 5.10 Å². The van der Waals surface area contributed by atoms with Crippen LogP contribution in [0.2, 0.25) is 0 Å². The highest BCUT2D eigenvalue weighted by Crippen LogP contribution is 2.34. The van der Waals surface area contributed by atoms with Crippen LogP contribution in [0.25, 0.3) is 55.7 Å². The Balaban J connectivity index is 1.44. The van der Waals surface area contributed by atoms with E-state index in [1.54, 1.807) is 30.9 Å². The number of pyridine rings is 3. The van der Waals surface area contributed by atoms with Crippen LogP contribution >= 0.6 is 0 Å². The normalized spacial score (nSPS) is 12.0. The van der Waals surface area contributed by atoms with Crippen molar-refractivity contribution in [1.29, 1.82) is 0 Å². The fraction of sp³-hybridized carbons (Fsp3) is 0.143. The number of nitrogens with zero attached hydrogens (tertiary/aromatic N) is 4. The Morgan fingerprint density at radius 1 is 0.921 bits per heavy atom. The van der Waals surface area contributed by atoms with E-state index in [4.69, 9.17) is 0 Å². The Morgan fingerprint density at radius 3 is 2.58 bits per heavy atom. The Bertz CT molecular complexity index is 1940. The molecule has 10 heteroatoms. The van der Waals surface area contributed by atoms with Gasteiger partial charge in [-0.05, 0) is 66.9 Å². The molecule has 38 heavy (non-hydrogen) atoms. The first-order valence-corrected chi connectivity index (χ1v) is 14.0. The van der Waals surface area contributed by atoms with Crippen molar-refractivity contribution in [3.05, 3.63) is 84.2 Å². The number of aromatic nitrogens is 6. The van der Waals surface area contributed by atoms with Gasteiger partial charge in [-0.15, -0.1) is 0 Å². The van der Waals surface area contributed by atoms with Crippen molar-refractivity contribution >= 4 is 31.6 Å². The second-order valence-corrected chi connectivity index (χ2v) is 11.7. The fourth-order valence-corrected chi connectivity index (χ4v) is 5.25. The Kier molecular flexibility index (Phi) is 5.76. The molecule has 5 heterocycles. The lowest BCUT2D eigenvalue weighted by molar-refractivity contribution is 0.600. The predicted octanol–water partition coefficient (Wildman–Crippen LogP) is 5.26. The molecule has 190 valence electrons. The molecule has 8 nitrogen and oxygen atoms in total. The highest BCUT2D eigenvalue weighted by molar-refractivity contribution is 7.90. The van der Waals surface area contributed by atoms with Crippen LogP contribution < -0.4 is 0 Å². The second-order valence-electron chi connectivity index (χ2n) is 9.41. The highest BCUT2D eigenvalue weighted by atomic mass is 32.2. The molecule has 0 aliphatic rings. The summed E-state index contributed by atoms with van der Waals surface area (Å²) < 4.78 is 37.8. The number of benzene rings is 1. The summed E-state index contributed by atoms with van der Waals surface area (Å²) in [5.74, 6) is -0.492. The number of nitrogens with one attached hydrogen (secondary N) is 2. The third-order valence-corrected chi connectivity index (χ3v) is 7.50. The molecule has 0 amide bonds. The smallest absolute Gasteiger partial charge is 0.147 e.